The maximum absolute atomic E-state index is 12.4. The molecule has 2 rings (SSSR count). The van der Waals surface area contributed by atoms with Crippen LogP contribution in [0.4, 0.5) is 0 Å². The van der Waals surface area contributed by atoms with Crippen molar-refractivity contribution in [1.82, 2.24) is 0 Å². The lowest BCUT2D eigenvalue weighted by Crippen LogP contribution is -2.61. The Hall–Kier alpha value is -1.97. The highest BCUT2D eigenvalue weighted by atomic mass is 79.9. The Morgan fingerprint density at radius 1 is 1.00 bits per heavy atom. The van der Waals surface area contributed by atoms with Crippen LogP contribution in [0.3, 0.4) is 0 Å². The van der Waals surface area contributed by atoms with Crippen LogP contribution in [0.25, 0.3) is 0 Å². The van der Waals surface area contributed by atoms with Crippen LogP contribution < -0.4 is 0 Å². The number of hydrogen-bond donors (Lipinski definition) is 1. The van der Waals surface area contributed by atoms with Crippen molar-refractivity contribution >= 4 is 33.8 Å². The Labute approximate surface area is 158 Å². The number of aliphatic hydroxyl groups is 1. The first-order chi connectivity index (χ1) is 12.3. The van der Waals surface area contributed by atoms with Gasteiger partial charge in [0.1, 0.15) is 6.10 Å². The Balaban J connectivity index is 2.30. The Morgan fingerprint density at radius 3 is 2.12 bits per heavy atom. The van der Waals surface area contributed by atoms with E-state index in [1.165, 1.54) is 0 Å². The number of alkyl halides is 1. The smallest absolute Gasteiger partial charge is 0.338 e. The zero-order chi connectivity index (χ0) is 19.3. The number of ether oxygens (including phenoxy) is 4. The molecule has 0 aromatic heterocycles. The largest absolute Gasteiger partial charge is 0.454 e. The standard InChI is InChI=1S/C17H19BrO8/c1-9(19)23-14-13(26-16(21)11-6-4-3-5-7-11)12(8-18)25-17(22)15(14)24-10(2)20/h3-7,12-15,17,22H,8H2,1-2H3/t12-,13-,14+,15+,17-/m0/s1. The molecule has 9 heteroatoms. The van der Waals surface area contributed by atoms with E-state index >= 15 is 0 Å². The van der Waals surface area contributed by atoms with Crippen LogP contribution in [0.1, 0.15) is 24.2 Å². The molecule has 0 saturated carbocycles. The predicted octanol–water partition coefficient (Wildman–Crippen LogP) is 1.19. The van der Waals surface area contributed by atoms with Crippen LogP contribution in [0.15, 0.2) is 30.3 Å². The number of halogens is 1. The van der Waals surface area contributed by atoms with Crippen molar-refractivity contribution in [2.75, 3.05) is 5.33 Å². The number of hydrogen-bond acceptors (Lipinski definition) is 8. The van der Waals surface area contributed by atoms with Gasteiger partial charge in [0.15, 0.2) is 24.6 Å². The van der Waals surface area contributed by atoms with E-state index in [2.05, 4.69) is 15.9 Å². The molecular formula is C17H19BrO8. The fourth-order valence-corrected chi connectivity index (χ4v) is 3.09. The molecule has 1 aliphatic heterocycles. The summed E-state index contributed by atoms with van der Waals surface area (Å²) in [6.07, 6.45) is -6.03. The van der Waals surface area contributed by atoms with Crippen molar-refractivity contribution in [3.63, 3.8) is 0 Å². The monoisotopic (exact) mass is 430 g/mol. The summed E-state index contributed by atoms with van der Waals surface area (Å²) >= 11 is 3.21. The Morgan fingerprint density at radius 2 is 1.58 bits per heavy atom. The number of aliphatic hydroxyl groups excluding tert-OH is 1. The van der Waals surface area contributed by atoms with Gasteiger partial charge in [0.05, 0.1) is 5.56 Å². The summed E-state index contributed by atoms with van der Waals surface area (Å²) in [5, 5.41) is 10.3. The van der Waals surface area contributed by atoms with E-state index in [1.54, 1.807) is 30.3 Å². The quantitative estimate of drug-likeness (QED) is 0.421. The number of carbonyl (C=O) groups is 3. The molecule has 1 fully saturated rings. The first kappa shape index (κ1) is 20.3. The maximum Gasteiger partial charge on any atom is 0.338 e. The minimum atomic E-state index is -1.54. The van der Waals surface area contributed by atoms with Crippen molar-refractivity contribution in [2.24, 2.45) is 0 Å². The van der Waals surface area contributed by atoms with Gasteiger partial charge in [-0.15, -0.1) is 0 Å². The molecule has 0 spiro atoms. The van der Waals surface area contributed by atoms with Crippen molar-refractivity contribution < 1.29 is 38.4 Å². The number of esters is 3. The fraction of sp³-hybridized carbons (Fsp3) is 0.471. The highest BCUT2D eigenvalue weighted by Crippen LogP contribution is 2.29. The molecule has 1 saturated heterocycles. The van der Waals surface area contributed by atoms with E-state index in [1.807, 2.05) is 0 Å². The molecule has 0 radical (unpaired) electrons. The van der Waals surface area contributed by atoms with Crippen LogP contribution in [0, 0.1) is 0 Å². The van der Waals surface area contributed by atoms with E-state index < -0.39 is 48.6 Å². The molecule has 1 aromatic rings. The molecule has 142 valence electrons. The van der Waals surface area contributed by atoms with Gasteiger partial charge in [-0.1, -0.05) is 34.1 Å². The van der Waals surface area contributed by atoms with Gasteiger partial charge in [0.2, 0.25) is 0 Å². The number of rotatable bonds is 5. The predicted molar refractivity (Wildman–Crippen MR) is 91.4 cm³/mol. The van der Waals surface area contributed by atoms with Crippen molar-refractivity contribution in [2.45, 2.75) is 44.6 Å². The first-order valence-electron chi connectivity index (χ1n) is 7.83. The summed E-state index contributed by atoms with van der Waals surface area (Å²) in [4.78, 5) is 35.3. The molecule has 0 aliphatic carbocycles. The van der Waals surface area contributed by atoms with Gasteiger partial charge in [-0.25, -0.2) is 4.79 Å². The van der Waals surface area contributed by atoms with E-state index in [-0.39, 0.29) is 10.9 Å². The summed E-state index contributed by atoms with van der Waals surface area (Å²) in [6, 6.07) is 8.22. The second-order valence-electron chi connectivity index (χ2n) is 5.60. The van der Waals surface area contributed by atoms with Crippen LogP contribution in [-0.2, 0) is 28.5 Å². The summed E-state index contributed by atoms with van der Waals surface area (Å²) in [5.74, 6) is -2.06. The molecule has 1 N–H and O–H groups in total. The van der Waals surface area contributed by atoms with Crippen molar-refractivity contribution in [3.05, 3.63) is 35.9 Å². The van der Waals surface area contributed by atoms with Gasteiger partial charge in [0.25, 0.3) is 0 Å². The summed E-state index contributed by atoms with van der Waals surface area (Å²) in [5.41, 5.74) is 0.289. The van der Waals surface area contributed by atoms with Gasteiger partial charge in [-0.05, 0) is 12.1 Å². The normalized spacial score (nSPS) is 28.1. The third kappa shape index (κ3) is 5.03. The van der Waals surface area contributed by atoms with Gasteiger partial charge < -0.3 is 24.1 Å². The van der Waals surface area contributed by atoms with Crippen LogP contribution >= 0.6 is 15.9 Å². The van der Waals surface area contributed by atoms with Gasteiger partial charge in [-0.2, -0.15) is 0 Å². The van der Waals surface area contributed by atoms with E-state index in [0.717, 1.165) is 13.8 Å². The van der Waals surface area contributed by atoms with E-state index in [4.69, 9.17) is 18.9 Å². The maximum atomic E-state index is 12.4. The molecule has 1 aliphatic rings. The zero-order valence-electron chi connectivity index (χ0n) is 14.2. The third-order valence-electron chi connectivity index (χ3n) is 3.62. The second kappa shape index (κ2) is 9.11. The Kier molecular flexibility index (Phi) is 7.13. The minimum absolute atomic E-state index is 0.182. The lowest BCUT2D eigenvalue weighted by molar-refractivity contribution is -0.283. The summed E-state index contributed by atoms with van der Waals surface area (Å²) in [7, 11) is 0. The van der Waals surface area contributed by atoms with Gasteiger partial charge in [0, 0.05) is 19.2 Å². The second-order valence-corrected chi connectivity index (χ2v) is 6.25. The summed E-state index contributed by atoms with van der Waals surface area (Å²) in [6.45, 7) is 2.30. The van der Waals surface area contributed by atoms with Gasteiger partial charge >= 0.3 is 17.9 Å². The molecule has 0 bridgehead atoms. The average molecular weight is 431 g/mol. The van der Waals surface area contributed by atoms with Gasteiger partial charge in [-0.3, -0.25) is 9.59 Å². The highest BCUT2D eigenvalue weighted by molar-refractivity contribution is 9.09. The number of carbonyl (C=O) groups excluding carboxylic acids is 3. The zero-order valence-corrected chi connectivity index (χ0v) is 15.7. The van der Waals surface area contributed by atoms with Crippen LogP contribution in [-0.4, -0.2) is 59.1 Å². The highest BCUT2D eigenvalue weighted by Gasteiger charge is 2.51. The molecule has 26 heavy (non-hydrogen) atoms. The average Bonchev–Trinajstić information content (AvgIpc) is 2.60. The third-order valence-corrected chi connectivity index (χ3v) is 4.26. The van der Waals surface area contributed by atoms with E-state index in [0.29, 0.717) is 0 Å². The van der Waals surface area contributed by atoms with Crippen LogP contribution in [0.5, 0.6) is 0 Å². The van der Waals surface area contributed by atoms with Crippen molar-refractivity contribution in [1.29, 1.82) is 0 Å². The molecular weight excluding hydrogens is 412 g/mol. The molecule has 0 unspecified atom stereocenters. The minimum Gasteiger partial charge on any atom is -0.454 e. The Bertz CT molecular complexity index is 649. The number of benzene rings is 1. The molecule has 1 heterocycles. The first-order valence-corrected chi connectivity index (χ1v) is 8.95. The topological polar surface area (TPSA) is 108 Å². The fourth-order valence-electron chi connectivity index (χ4n) is 2.57. The van der Waals surface area contributed by atoms with E-state index in [9.17, 15) is 19.5 Å². The summed E-state index contributed by atoms with van der Waals surface area (Å²) < 4.78 is 21.1. The molecule has 0 amide bonds. The lowest BCUT2D eigenvalue weighted by Gasteiger charge is -2.42. The van der Waals surface area contributed by atoms with Crippen molar-refractivity contribution in [3.8, 4) is 0 Å². The molecule has 1 aromatic carbocycles. The molecule has 5 atom stereocenters. The van der Waals surface area contributed by atoms with Crippen LogP contribution in [0.2, 0.25) is 0 Å². The SMILES string of the molecule is CC(=O)O[C@@H]1[C@@H](OC(=O)c2ccccc2)[C@H](CBr)O[C@H](O)[C@@H]1OC(C)=O. The lowest BCUT2D eigenvalue weighted by atomic mass is 9.99. The molecule has 8 nitrogen and oxygen atoms in total.